The van der Waals surface area contributed by atoms with Crippen LogP contribution >= 0.6 is 0 Å². The molecule has 2 N–H and O–H groups in total. The molecular weight excluding hydrogens is 238 g/mol. The van der Waals surface area contributed by atoms with Crippen molar-refractivity contribution in [1.29, 1.82) is 0 Å². The summed E-state index contributed by atoms with van der Waals surface area (Å²) in [5, 5.41) is 0. The van der Waals surface area contributed by atoms with Gasteiger partial charge >= 0.3 is 0 Å². The number of likely N-dealkylation sites (N-methyl/N-ethyl adjacent to an activating group) is 1. The molecule has 2 rings (SSSR count). The standard InChI is InChI=1S/C15H23N3O/c1-12(19)13-3-5-14(6-4-13)18-10-9-17(2)11-15(18)7-8-16/h3-6,15H,7-11,16H2,1-2H3. The predicted molar refractivity (Wildman–Crippen MR) is 78.7 cm³/mol. The van der Waals surface area contributed by atoms with Crippen LogP contribution in [-0.4, -0.2) is 50.0 Å². The third-order valence-corrected chi connectivity index (χ3v) is 3.79. The number of hydrogen-bond donors (Lipinski definition) is 1. The van der Waals surface area contributed by atoms with Crippen LogP contribution in [0.5, 0.6) is 0 Å². The van der Waals surface area contributed by atoms with Crippen molar-refractivity contribution in [1.82, 2.24) is 4.90 Å². The quantitative estimate of drug-likeness (QED) is 0.831. The first-order valence-electron chi connectivity index (χ1n) is 6.88. The lowest BCUT2D eigenvalue weighted by atomic mass is 10.1. The van der Waals surface area contributed by atoms with E-state index in [1.165, 1.54) is 5.69 Å². The second-order valence-corrected chi connectivity index (χ2v) is 5.29. The third-order valence-electron chi connectivity index (χ3n) is 3.79. The Morgan fingerprint density at radius 3 is 2.58 bits per heavy atom. The van der Waals surface area contributed by atoms with Crippen LogP contribution in [0.15, 0.2) is 24.3 Å². The maximum absolute atomic E-state index is 11.3. The fourth-order valence-electron chi connectivity index (χ4n) is 2.68. The molecule has 0 amide bonds. The van der Waals surface area contributed by atoms with Crippen LogP contribution in [0.3, 0.4) is 0 Å². The average molecular weight is 261 g/mol. The average Bonchev–Trinajstić information content (AvgIpc) is 2.39. The summed E-state index contributed by atoms with van der Waals surface area (Å²) >= 11 is 0. The fourth-order valence-corrected chi connectivity index (χ4v) is 2.68. The highest BCUT2D eigenvalue weighted by Crippen LogP contribution is 2.22. The van der Waals surface area contributed by atoms with Gasteiger partial charge in [0.15, 0.2) is 5.78 Å². The van der Waals surface area contributed by atoms with E-state index >= 15 is 0 Å². The summed E-state index contributed by atoms with van der Waals surface area (Å²) in [5.41, 5.74) is 7.68. The Kier molecular flexibility index (Phi) is 4.56. The van der Waals surface area contributed by atoms with Crippen molar-refractivity contribution >= 4 is 11.5 Å². The van der Waals surface area contributed by atoms with Crippen LogP contribution in [-0.2, 0) is 0 Å². The van der Waals surface area contributed by atoms with E-state index in [-0.39, 0.29) is 5.78 Å². The minimum atomic E-state index is 0.114. The third kappa shape index (κ3) is 3.33. The van der Waals surface area contributed by atoms with E-state index in [9.17, 15) is 4.79 Å². The summed E-state index contributed by atoms with van der Waals surface area (Å²) in [7, 11) is 2.15. The lowest BCUT2D eigenvalue weighted by Gasteiger charge is -2.41. The molecule has 4 nitrogen and oxygen atoms in total. The van der Waals surface area contributed by atoms with Gasteiger partial charge in [0.2, 0.25) is 0 Å². The van der Waals surface area contributed by atoms with Crippen LogP contribution in [0.1, 0.15) is 23.7 Å². The van der Waals surface area contributed by atoms with Crippen molar-refractivity contribution in [3.63, 3.8) is 0 Å². The highest BCUT2D eigenvalue weighted by molar-refractivity contribution is 5.94. The lowest BCUT2D eigenvalue weighted by molar-refractivity contribution is 0.101. The largest absolute Gasteiger partial charge is 0.366 e. The van der Waals surface area contributed by atoms with Gasteiger partial charge < -0.3 is 15.5 Å². The minimum absolute atomic E-state index is 0.114. The second-order valence-electron chi connectivity index (χ2n) is 5.29. The molecule has 104 valence electrons. The monoisotopic (exact) mass is 261 g/mol. The summed E-state index contributed by atoms with van der Waals surface area (Å²) in [6.45, 7) is 5.43. The number of Topliss-reactive ketones (excluding diaryl/α,β-unsaturated/α-hetero) is 1. The van der Waals surface area contributed by atoms with E-state index in [0.717, 1.165) is 31.6 Å². The molecule has 0 bridgehead atoms. The molecule has 0 spiro atoms. The topological polar surface area (TPSA) is 49.6 Å². The van der Waals surface area contributed by atoms with Gasteiger partial charge in [-0.2, -0.15) is 0 Å². The Hall–Kier alpha value is -1.39. The predicted octanol–water partition coefficient (Wildman–Crippen LogP) is 1.36. The van der Waals surface area contributed by atoms with Gasteiger partial charge in [0.25, 0.3) is 0 Å². The van der Waals surface area contributed by atoms with E-state index < -0.39 is 0 Å². The summed E-state index contributed by atoms with van der Waals surface area (Å²) < 4.78 is 0. The van der Waals surface area contributed by atoms with Gasteiger partial charge in [-0.3, -0.25) is 4.79 Å². The Labute approximate surface area is 115 Å². The number of anilines is 1. The normalized spacial score (nSPS) is 20.6. The molecule has 0 radical (unpaired) electrons. The molecule has 1 unspecified atom stereocenters. The Balaban J connectivity index is 2.16. The molecule has 4 heteroatoms. The number of ketones is 1. The van der Waals surface area contributed by atoms with Crippen LogP contribution in [0.25, 0.3) is 0 Å². The van der Waals surface area contributed by atoms with Gasteiger partial charge in [0, 0.05) is 36.9 Å². The molecule has 1 fully saturated rings. The first-order valence-corrected chi connectivity index (χ1v) is 6.88. The molecule has 0 aliphatic carbocycles. The number of nitrogens with two attached hydrogens (primary N) is 1. The van der Waals surface area contributed by atoms with Crippen LogP contribution in [0.4, 0.5) is 5.69 Å². The summed E-state index contributed by atoms with van der Waals surface area (Å²) in [6, 6.07) is 8.38. The van der Waals surface area contributed by atoms with Crippen molar-refractivity contribution in [3.05, 3.63) is 29.8 Å². The fraction of sp³-hybridized carbons (Fsp3) is 0.533. The minimum Gasteiger partial charge on any atom is -0.366 e. The van der Waals surface area contributed by atoms with Gasteiger partial charge in [-0.05, 0) is 51.2 Å². The van der Waals surface area contributed by atoms with Crippen molar-refractivity contribution in [3.8, 4) is 0 Å². The summed E-state index contributed by atoms with van der Waals surface area (Å²) in [4.78, 5) is 16.1. The number of carbonyl (C=O) groups is 1. The zero-order valence-electron chi connectivity index (χ0n) is 11.8. The molecule has 19 heavy (non-hydrogen) atoms. The Morgan fingerprint density at radius 2 is 2.00 bits per heavy atom. The molecular formula is C15H23N3O. The molecule has 1 heterocycles. The Morgan fingerprint density at radius 1 is 1.32 bits per heavy atom. The number of nitrogens with zero attached hydrogens (tertiary/aromatic N) is 2. The van der Waals surface area contributed by atoms with Crippen molar-refractivity contribution in [2.24, 2.45) is 5.73 Å². The first kappa shape index (κ1) is 14.0. The van der Waals surface area contributed by atoms with Crippen LogP contribution in [0.2, 0.25) is 0 Å². The van der Waals surface area contributed by atoms with Gasteiger partial charge in [-0.15, -0.1) is 0 Å². The summed E-state index contributed by atoms with van der Waals surface area (Å²) in [6.07, 6.45) is 0.999. The zero-order chi connectivity index (χ0) is 13.8. The smallest absolute Gasteiger partial charge is 0.159 e. The number of benzene rings is 1. The molecule has 0 saturated carbocycles. The molecule has 1 aromatic rings. The number of hydrogen-bond acceptors (Lipinski definition) is 4. The molecule has 1 atom stereocenters. The van der Waals surface area contributed by atoms with E-state index in [1.54, 1.807) is 6.92 Å². The van der Waals surface area contributed by atoms with E-state index in [4.69, 9.17) is 5.73 Å². The van der Waals surface area contributed by atoms with Crippen molar-refractivity contribution in [2.45, 2.75) is 19.4 Å². The van der Waals surface area contributed by atoms with Gasteiger partial charge in [0.1, 0.15) is 0 Å². The summed E-state index contributed by atoms with van der Waals surface area (Å²) in [5.74, 6) is 0.114. The highest BCUT2D eigenvalue weighted by atomic mass is 16.1. The molecule has 1 aromatic carbocycles. The molecule has 1 saturated heterocycles. The van der Waals surface area contributed by atoms with Gasteiger partial charge in [0.05, 0.1) is 0 Å². The molecule has 1 aliphatic rings. The second kappa shape index (κ2) is 6.17. The van der Waals surface area contributed by atoms with E-state index in [2.05, 4.69) is 16.8 Å². The number of rotatable bonds is 4. The lowest BCUT2D eigenvalue weighted by Crippen LogP contribution is -2.52. The van der Waals surface area contributed by atoms with Crippen molar-refractivity contribution in [2.75, 3.05) is 38.1 Å². The number of carbonyl (C=O) groups excluding carboxylic acids is 1. The number of piperazine rings is 1. The van der Waals surface area contributed by atoms with Crippen molar-refractivity contribution < 1.29 is 4.79 Å². The van der Waals surface area contributed by atoms with Crippen LogP contribution in [0, 0.1) is 0 Å². The maximum Gasteiger partial charge on any atom is 0.159 e. The van der Waals surface area contributed by atoms with Gasteiger partial charge in [-0.25, -0.2) is 0 Å². The van der Waals surface area contributed by atoms with Crippen LogP contribution < -0.4 is 10.6 Å². The highest BCUT2D eigenvalue weighted by Gasteiger charge is 2.24. The van der Waals surface area contributed by atoms with E-state index in [1.807, 2.05) is 24.3 Å². The SMILES string of the molecule is CC(=O)c1ccc(N2CCN(C)CC2CCN)cc1. The Bertz CT molecular complexity index is 430. The molecule has 1 aliphatic heterocycles. The van der Waals surface area contributed by atoms with Gasteiger partial charge in [-0.1, -0.05) is 0 Å². The zero-order valence-corrected chi connectivity index (χ0v) is 11.8. The molecule has 0 aromatic heterocycles. The first-order chi connectivity index (χ1) is 9.11. The maximum atomic E-state index is 11.3. The van der Waals surface area contributed by atoms with E-state index in [0.29, 0.717) is 12.6 Å².